The summed E-state index contributed by atoms with van der Waals surface area (Å²) in [6.45, 7) is 0. The molecule has 4 nitrogen and oxygen atoms in total. The molecule has 7 aromatic carbocycles. The third-order valence-electron chi connectivity index (χ3n) is 10.3. The Bertz CT molecular complexity index is 3130. The number of rotatable bonds is 5. The quantitative estimate of drug-likeness (QED) is 0.194. The van der Waals surface area contributed by atoms with Gasteiger partial charge in [0.25, 0.3) is 0 Å². The zero-order valence-electron chi connectivity index (χ0n) is 29.2. The summed E-state index contributed by atoms with van der Waals surface area (Å²) in [6, 6.07) is 45.0. The van der Waals surface area contributed by atoms with E-state index in [1.807, 2.05) is 78.1 Å². The van der Waals surface area contributed by atoms with Crippen molar-refractivity contribution in [3.63, 3.8) is 0 Å². The Morgan fingerprint density at radius 2 is 0.982 bits per heavy atom. The van der Waals surface area contributed by atoms with Gasteiger partial charge in [-0.25, -0.2) is 15.0 Å². The molecular formula is C45H22B5N3OS. The lowest BCUT2D eigenvalue weighted by atomic mass is 9.59. The zero-order chi connectivity index (χ0) is 37.4. The number of benzene rings is 7. The van der Waals surface area contributed by atoms with Gasteiger partial charge in [0.1, 0.15) is 50.4 Å². The molecule has 0 fully saturated rings. The number of para-hydroxylation sites is 1. The second-order valence-electron chi connectivity index (χ2n) is 13.5. The molecule has 3 aromatic heterocycles. The minimum atomic E-state index is 0.172. The van der Waals surface area contributed by atoms with Gasteiger partial charge in [-0.1, -0.05) is 120 Å². The number of furan rings is 1. The van der Waals surface area contributed by atoms with Gasteiger partial charge in [0.15, 0.2) is 17.5 Å². The summed E-state index contributed by atoms with van der Waals surface area (Å²) in [4.78, 5) is 15.0. The average molecular weight is 707 g/mol. The summed E-state index contributed by atoms with van der Waals surface area (Å²) < 4.78 is 9.26. The fourth-order valence-electron chi connectivity index (χ4n) is 7.40. The van der Waals surface area contributed by atoms with Crippen molar-refractivity contribution in [3.05, 3.63) is 133 Å². The van der Waals surface area contributed by atoms with Crippen molar-refractivity contribution in [1.29, 1.82) is 0 Å². The third-order valence-corrected chi connectivity index (χ3v) is 11.5. The summed E-state index contributed by atoms with van der Waals surface area (Å²) in [6.07, 6.45) is 0. The molecule has 10 radical (unpaired) electrons. The highest BCUT2D eigenvalue weighted by molar-refractivity contribution is 7.26. The Balaban J connectivity index is 1.10. The van der Waals surface area contributed by atoms with Crippen LogP contribution in [0.25, 0.3) is 98.5 Å². The van der Waals surface area contributed by atoms with Crippen LogP contribution in [-0.2, 0) is 0 Å². The molecule has 0 bridgehead atoms. The summed E-state index contributed by atoms with van der Waals surface area (Å²) in [5.74, 6) is 1.50. The first-order valence-corrected chi connectivity index (χ1v) is 18.5. The fraction of sp³-hybridized carbons (Fsp3) is 0. The molecule has 0 saturated heterocycles. The molecule has 0 N–H and O–H groups in total. The Kier molecular flexibility index (Phi) is 7.93. The van der Waals surface area contributed by atoms with Crippen LogP contribution in [0.3, 0.4) is 0 Å². The fourth-order valence-corrected chi connectivity index (χ4v) is 8.64. The van der Waals surface area contributed by atoms with E-state index in [0.717, 1.165) is 44.2 Å². The van der Waals surface area contributed by atoms with E-state index in [-0.39, 0.29) is 27.3 Å². The Labute approximate surface area is 327 Å². The molecule has 55 heavy (non-hydrogen) atoms. The highest BCUT2D eigenvalue weighted by Crippen LogP contribution is 2.42. The molecule has 0 saturated carbocycles. The van der Waals surface area contributed by atoms with E-state index in [0.29, 0.717) is 28.6 Å². The van der Waals surface area contributed by atoms with Crippen molar-refractivity contribution < 1.29 is 4.42 Å². The summed E-state index contributed by atoms with van der Waals surface area (Å²) in [5, 5.41) is 4.52. The van der Waals surface area contributed by atoms with Gasteiger partial charge in [-0.2, -0.15) is 0 Å². The molecular weight excluding hydrogens is 685 g/mol. The predicted molar refractivity (Wildman–Crippen MR) is 234 cm³/mol. The Morgan fingerprint density at radius 3 is 1.73 bits per heavy atom. The molecule has 3 heterocycles. The molecule has 0 unspecified atom stereocenters. The van der Waals surface area contributed by atoms with Crippen LogP contribution in [0, 0.1) is 0 Å². The normalized spacial score (nSPS) is 11.6. The van der Waals surface area contributed by atoms with Crippen LogP contribution in [-0.4, -0.2) is 54.2 Å². The molecule has 0 aliphatic carbocycles. The van der Waals surface area contributed by atoms with Gasteiger partial charge in [0.2, 0.25) is 0 Å². The second-order valence-corrected chi connectivity index (χ2v) is 14.5. The number of thiophene rings is 1. The number of hydrogen-bond donors (Lipinski definition) is 0. The Hall–Kier alpha value is -6.11. The van der Waals surface area contributed by atoms with Gasteiger partial charge >= 0.3 is 0 Å². The van der Waals surface area contributed by atoms with Crippen LogP contribution >= 0.6 is 11.3 Å². The molecule has 10 aromatic rings. The highest BCUT2D eigenvalue weighted by atomic mass is 32.1. The minimum Gasteiger partial charge on any atom is -0.455 e. The number of fused-ring (bicyclic) bond motifs is 6. The van der Waals surface area contributed by atoms with E-state index in [2.05, 4.69) is 66.7 Å². The van der Waals surface area contributed by atoms with Crippen molar-refractivity contribution in [3.8, 4) is 56.4 Å². The third kappa shape index (κ3) is 5.46. The zero-order valence-corrected chi connectivity index (χ0v) is 30.1. The highest BCUT2D eigenvalue weighted by Gasteiger charge is 2.19. The van der Waals surface area contributed by atoms with Gasteiger partial charge in [-0.3, -0.25) is 0 Å². The monoisotopic (exact) mass is 707 g/mol. The summed E-state index contributed by atoms with van der Waals surface area (Å²) in [7, 11) is 31.1. The van der Waals surface area contributed by atoms with Crippen LogP contribution in [0.4, 0.5) is 0 Å². The smallest absolute Gasteiger partial charge is 0.167 e. The number of aromatic nitrogens is 3. The van der Waals surface area contributed by atoms with E-state index in [1.165, 1.54) is 25.7 Å². The van der Waals surface area contributed by atoms with Crippen molar-refractivity contribution in [1.82, 2.24) is 15.0 Å². The number of nitrogens with zero attached hydrogens (tertiary/aromatic N) is 3. The van der Waals surface area contributed by atoms with E-state index >= 15 is 0 Å². The molecule has 0 aliphatic heterocycles. The maximum Gasteiger partial charge on any atom is 0.167 e. The first-order chi connectivity index (χ1) is 26.8. The maximum atomic E-state index is 6.73. The largest absolute Gasteiger partial charge is 0.455 e. The van der Waals surface area contributed by atoms with Crippen molar-refractivity contribution >= 4 is 120 Å². The SMILES string of the molecule is [B]c1c([B])c([B])c(-c2ccc(-c3nc(-c4ccccc4)nc(-c4cccc5c4oc4cc(-c6cccc7c6sc6ccccc67)ccc45)n3)cc2)c([B])c1[B]. The molecule has 10 heteroatoms. The first-order valence-electron chi connectivity index (χ1n) is 17.6. The van der Waals surface area contributed by atoms with Crippen molar-refractivity contribution in [2.24, 2.45) is 0 Å². The lowest BCUT2D eigenvalue weighted by Gasteiger charge is -2.21. The van der Waals surface area contributed by atoms with Gasteiger partial charge in [-0.15, -0.1) is 27.7 Å². The van der Waals surface area contributed by atoms with Crippen LogP contribution in [0.1, 0.15) is 0 Å². The molecule has 10 rings (SSSR count). The van der Waals surface area contributed by atoms with Gasteiger partial charge in [0, 0.05) is 42.1 Å². The van der Waals surface area contributed by atoms with E-state index < -0.39 is 0 Å². The molecule has 244 valence electrons. The lowest BCUT2D eigenvalue weighted by Crippen LogP contribution is -2.55. The van der Waals surface area contributed by atoms with Crippen LogP contribution in [0.15, 0.2) is 138 Å². The first kappa shape index (κ1) is 33.5. The van der Waals surface area contributed by atoms with Crippen LogP contribution < -0.4 is 27.3 Å². The van der Waals surface area contributed by atoms with E-state index in [1.54, 1.807) is 0 Å². The van der Waals surface area contributed by atoms with Crippen LogP contribution in [0.5, 0.6) is 0 Å². The van der Waals surface area contributed by atoms with Gasteiger partial charge < -0.3 is 4.42 Å². The molecule has 0 spiro atoms. The van der Waals surface area contributed by atoms with E-state index in [9.17, 15) is 0 Å². The van der Waals surface area contributed by atoms with E-state index in [4.69, 9.17) is 58.6 Å². The van der Waals surface area contributed by atoms with Crippen molar-refractivity contribution in [2.75, 3.05) is 0 Å². The molecule has 0 aliphatic rings. The molecule has 0 amide bonds. The topological polar surface area (TPSA) is 51.8 Å². The van der Waals surface area contributed by atoms with Crippen LogP contribution in [0.2, 0.25) is 0 Å². The summed E-state index contributed by atoms with van der Waals surface area (Å²) >= 11 is 1.82. The second kappa shape index (κ2) is 13.0. The lowest BCUT2D eigenvalue weighted by molar-refractivity contribution is 0.669. The van der Waals surface area contributed by atoms with Crippen molar-refractivity contribution in [2.45, 2.75) is 0 Å². The van der Waals surface area contributed by atoms with Gasteiger partial charge in [-0.05, 0) is 46.5 Å². The molecule has 0 atom stereocenters. The number of hydrogen-bond acceptors (Lipinski definition) is 5. The summed E-state index contributed by atoms with van der Waals surface area (Å²) in [5.41, 5.74) is 8.49. The predicted octanol–water partition coefficient (Wildman–Crippen LogP) is 6.44. The minimum absolute atomic E-state index is 0.172. The maximum absolute atomic E-state index is 6.73. The van der Waals surface area contributed by atoms with Gasteiger partial charge in [0.05, 0.1) is 5.56 Å². The standard InChI is InChI=1S/C45H22B5N3OS/c46-36-35(37(47)39(49)40(50)38(36)48)23-16-18-25(19-17-23)44-51-43(24-8-2-1-3-9-24)52-45(53-44)32-14-7-12-30-28-21-20-26(22-33(28)54-41(30)32)27-11-6-13-31-29-10-4-5-15-34(29)55-42(27)31/h1-22H. The average Bonchev–Trinajstić information content (AvgIpc) is 3.81. The Morgan fingerprint density at radius 1 is 0.418 bits per heavy atom.